The minimum atomic E-state index is -0.650. The first kappa shape index (κ1) is 33.9. The molecular formula is C27H54BN3O4. The van der Waals surface area contributed by atoms with Gasteiger partial charge in [0.15, 0.2) is 0 Å². The van der Waals surface area contributed by atoms with E-state index in [4.69, 9.17) is 17.3 Å². The van der Waals surface area contributed by atoms with Crippen LogP contribution in [0.5, 0.6) is 0 Å². The lowest BCUT2D eigenvalue weighted by Crippen LogP contribution is -2.40. The first-order chi connectivity index (χ1) is 15.8. The summed E-state index contributed by atoms with van der Waals surface area (Å²) in [5, 5.41) is 8.70. The molecule has 0 aromatic heterocycles. The van der Waals surface area contributed by atoms with Crippen molar-refractivity contribution in [2.75, 3.05) is 46.1 Å². The highest BCUT2D eigenvalue weighted by Crippen LogP contribution is 2.25. The van der Waals surface area contributed by atoms with E-state index in [0.717, 1.165) is 6.54 Å². The largest absolute Gasteiger partial charge is 0.381 e. The summed E-state index contributed by atoms with van der Waals surface area (Å²) in [6.45, 7) is 26.0. The van der Waals surface area contributed by atoms with Crippen LogP contribution < -0.4 is 16.0 Å². The lowest BCUT2D eigenvalue weighted by Gasteiger charge is -2.31. The molecule has 1 unspecified atom stereocenters. The first-order valence-corrected chi connectivity index (χ1v) is 13.0. The molecule has 0 aliphatic rings. The van der Waals surface area contributed by atoms with E-state index in [9.17, 15) is 9.59 Å². The Balaban J connectivity index is 4.36. The van der Waals surface area contributed by atoms with Crippen LogP contribution in [-0.2, 0) is 19.1 Å². The van der Waals surface area contributed by atoms with E-state index in [1.807, 2.05) is 34.6 Å². The van der Waals surface area contributed by atoms with Crippen LogP contribution in [0.2, 0.25) is 5.31 Å². The molecule has 7 nitrogen and oxygen atoms in total. The lowest BCUT2D eigenvalue weighted by molar-refractivity contribution is -0.126. The molecule has 0 aromatic carbocycles. The number of amides is 2. The molecule has 0 rings (SSSR count). The van der Waals surface area contributed by atoms with Gasteiger partial charge in [0, 0.05) is 55.5 Å². The Morgan fingerprint density at radius 3 is 1.71 bits per heavy atom. The van der Waals surface area contributed by atoms with Crippen LogP contribution in [0.15, 0.2) is 0 Å². The van der Waals surface area contributed by atoms with Crippen molar-refractivity contribution in [2.24, 2.45) is 22.2 Å². The number of rotatable bonds is 18. The highest BCUT2D eigenvalue weighted by Gasteiger charge is 2.27. The van der Waals surface area contributed by atoms with Gasteiger partial charge in [-0.25, -0.2) is 0 Å². The van der Waals surface area contributed by atoms with Crippen molar-refractivity contribution in [2.45, 2.75) is 93.9 Å². The minimum absolute atomic E-state index is 0.00219. The third-order valence-electron chi connectivity index (χ3n) is 5.49. The molecule has 0 saturated carbocycles. The second-order valence-electron chi connectivity index (χ2n) is 13.5. The third kappa shape index (κ3) is 17.9. The fourth-order valence-electron chi connectivity index (χ4n) is 3.18. The van der Waals surface area contributed by atoms with Gasteiger partial charge < -0.3 is 25.4 Å². The Kier molecular flexibility index (Phi) is 14.1. The van der Waals surface area contributed by atoms with Crippen molar-refractivity contribution >= 4 is 19.7 Å². The van der Waals surface area contributed by atoms with E-state index in [0.29, 0.717) is 52.0 Å². The van der Waals surface area contributed by atoms with Gasteiger partial charge in [0.2, 0.25) is 11.8 Å². The number of nitrogens with one attached hydrogen (secondary N) is 3. The minimum Gasteiger partial charge on any atom is -0.381 e. The summed E-state index contributed by atoms with van der Waals surface area (Å²) in [5.41, 5.74) is -0.512. The van der Waals surface area contributed by atoms with Crippen molar-refractivity contribution in [3.8, 4) is 0 Å². The van der Waals surface area contributed by atoms with Crippen LogP contribution in [0.4, 0.5) is 0 Å². The van der Waals surface area contributed by atoms with Gasteiger partial charge in [0.25, 0.3) is 0 Å². The second-order valence-corrected chi connectivity index (χ2v) is 13.5. The van der Waals surface area contributed by atoms with Gasteiger partial charge in [0.05, 0.1) is 27.7 Å². The molecule has 2 amide bonds. The molecule has 3 N–H and O–H groups in total. The van der Waals surface area contributed by atoms with Crippen molar-refractivity contribution in [3.63, 3.8) is 0 Å². The van der Waals surface area contributed by atoms with Gasteiger partial charge in [-0.1, -0.05) is 76.2 Å². The van der Waals surface area contributed by atoms with Crippen molar-refractivity contribution < 1.29 is 19.1 Å². The highest BCUT2D eigenvalue weighted by atomic mass is 16.5. The second kappa shape index (κ2) is 14.6. The fourth-order valence-corrected chi connectivity index (χ4v) is 3.18. The van der Waals surface area contributed by atoms with Crippen LogP contribution in [-0.4, -0.2) is 71.8 Å². The van der Waals surface area contributed by atoms with Crippen LogP contribution in [0.3, 0.4) is 0 Å². The maximum Gasteiger partial charge on any atom is 0.222 e. The third-order valence-corrected chi connectivity index (χ3v) is 5.49. The molecule has 2 radical (unpaired) electrons. The Morgan fingerprint density at radius 1 is 0.714 bits per heavy atom. The molecule has 35 heavy (non-hydrogen) atoms. The van der Waals surface area contributed by atoms with Crippen molar-refractivity contribution in [3.05, 3.63) is 0 Å². The summed E-state index contributed by atoms with van der Waals surface area (Å²) >= 11 is 0. The van der Waals surface area contributed by atoms with Crippen LogP contribution in [0, 0.1) is 22.2 Å². The average molecular weight is 496 g/mol. The number of carbonyl (C=O) groups excluding carboxylic acids is 2. The smallest absolute Gasteiger partial charge is 0.222 e. The number of ether oxygens (including phenoxy) is 2. The van der Waals surface area contributed by atoms with Gasteiger partial charge in [-0.05, 0) is 10.7 Å². The van der Waals surface area contributed by atoms with Gasteiger partial charge >= 0.3 is 0 Å². The number of hydrogen-bond donors (Lipinski definition) is 3. The molecule has 0 heterocycles. The summed E-state index contributed by atoms with van der Waals surface area (Å²) in [6.07, 6.45) is 0.336. The summed E-state index contributed by atoms with van der Waals surface area (Å²) < 4.78 is 11.8. The van der Waals surface area contributed by atoms with E-state index in [1.54, 1.807) is 0 Å². The van der Waals surface area contributed by atoms with Gasteiger partial charge in [-0.3, -0.25) is 9.59 Å². The molecule has 0 aliphatic heterocycles. The SMILES string of the molecule is [B]C(C)(CNC(=O)CC(C)(C)COCC(C)(C)CNC(=O)C(C)C)COCC(C)(C)CNC(C)C. The van der Waals surface area contributed by atoms with E-state index >= 15 is 0 Å². The molecule has 0 aromatic rings. The zero-order chi connectivity index (χ0) is 27.5. The molecule has 0 bridgehead atoms. The maximum absolute atomic E-state index is 12.6. The van der Waals surface area contributed by atoms with E-state index < -0.39 is 5.31 Å². The Hall–Kier alpha value is -1.12. The molecule has 0 aliphatic carbocycles. The Labute approximate surface area is 217 Å². The predicted molar refractivity (Wildman–Crippen MR) is 146 cm³/mol. The lowest BCUT2D eigenvalue weighted by atomic mass is 9.71. The summed E-state index contributed by atoms with van der Waals surface area (Å²) in [5.74, 6) is -0.0515. The number of hydrogen-bond acceptors (Lipinski definition) is 5. The first-order valence-electron chi connectivity index (χ1n) is 13.0. The molecule has 8 heteroatoms. The van der Waals surface area contributed by atoms with E-state index in [-0.39, 0.29) is 34.0 Å². The predicted octanol–water partition coefficient (Wildman–Crippen LogP) is 3.72. The van der Waals surface area contributed by atoms with Crippen LogP contribution in [0.25, 0.3) is 0 Å². The monoisotopic (exact) mass is 495 g/mol. The molecule has 0 fully saturated rings. The molecule has 0 spiro atoms. The van der Waals surface area contributed by atoms with Gasteiger partial charge in [0.1, 0.15) is 0 Å². The van der Waals surface area contributed by atoms with Gasteiger partial charge in [-0.2, -0.15) is 0 Å². The maximum atomic E-state index is 12.6. The zero-order valence-corrected chi connectivity index (χ0v) is 24.5. The number of carbonyl (C=O) groups is 2. The quantitative estimate of drug-likeness (QED) is 0.252. The standard InChI is InChI=1S/C27H54BN3O4/c1-20(2)23(33)31-14-26(9,10)17-34-16-24(5,6)12-22(32)30-15-27(11,28)19-35-18-25(7,8)13-29-21(3)4/h20-21,29H,12-19H2,1-11H3,(H,30,32)(H,31,33). The highest BCUT2D eigenvalue weighted by molar-refractivity contribution is 6.15. The molecule has 0 saturated heterocycles. The average Bonchev–Trinajstić information content (AvgIpc) is 2.68. The molecular weight excluding hydrogens is 441 g/mol. The van der Waals surface area contributed by atoms with Crippen LogP contribution in [0.1, 0.15) is 82.6 Å². The Bertz CT molecular complexity index is 646. The Morgan fingerprint density at radius 2 is 1.20 bits per heavy atom. The normalized spacial score (nSPS) is 14.8. The van der Waals surface area contributed by atoms with Gasteiger partial charge in [-0.15, -0.1) is 0 Å². The van der Waals surface area contributed by atoms with E-state index in [1.165, 1.54) is 0 Å². The van der Waals surface area contributed by atoms with E-state index in [2.05, 4.69) is 57.5 Å². The molecule has 204 valence electrons. The fraction of sp³-hybridized carbons (Fsp3) is 0.926. The molecule has 1 atom stereocenters. The topological polar surface area (TPSA) is 88.7 Å². The summed E-state index contributed by atoms with van der Waals surface area (Å²) in [4.78, 5) is 24.4. The zero-order valence-electron chi connectivity index (χ0n) is 24.5. The summed E-state index contributed by atoms with van der Waals surface area (Å²) in [7, 11) is 6.37. The summed E-state index contributed by atoms with van der Waals surface area (Å²) in [6, 6.07) is 0.433. The van der Waals surface area contributed by atoms with Crippen LogP contribution >= 0.6 is 0 Å². The van der Waals surface area contributed by atoms with Crippen molar-refractivity contribution in [1.29, 1.82) is 0 Å². The van der Waals surface area contributed by atoms with Crippen molar-refractivity contribution in [1.82, 2.24) is 16.0 Å².